The summed E-state index contributed by atoms with van der Waals surface area (Å²) in [5, 5.41) is 3.71. The molecule has 0 saturated heterocycles. The van der Waals surface area contributed by atoms with E-state index >= 15 is 0 Å². The van der Waals surface area contributed by atoms with E-state index in [1.54, 1.807) is 0 Å². The number of nitrogens with one attached hydrogen (secondary N) is 1. The maximum absolute atomic E-state index is 5.56. The second kappa shape index (κ2) is 27.9. The molecule has 0 fully saturated rings. The summed E-state index contributed by atoms with van der Waals surface area (Å²) in [6.45, 7) is 11.7. The van der Waals surface area contributed by atoms with Gasteiger partial charge in [0.15, 0.2) is 0 Å². The number of nitrogens with two attached hydrogens (primary N) is 1. The highest BCUT2D eigenvalue weighted by Gasteiger charge is 2.05. The van der Waals surface area contributed by atoms with Crippen LogP contribution in [0.25, 0.3) is 0 Å². The molecule has 0 amide bonds. The average Bonchev–Trinajstić information content (AvgIpc) is 2.78. The molecule has 0 radical (unpaired) electrons. The van der Waals surface area contributed by atoms with E-state index in [2.05, 4.69) is 24.1 Å². The van der Waals surface area contributed by atoms with Crippen LogP contribution in [0, 0.1) is 0 Å². The van der Waals surface area contributed by atoms with Gasteiger partial charge in [0.25, 0.3) is 0 Å². The van der Waals surface area contributed by atoms with Crippen molar-refractivity contribution >= 4 is 0 Å². The predicted molar refractivity (Wildman–Crippen MR) is 142 cm³/mol. The van der Waals surface area contributed by atoms with E-state index in [9.17, 15) is 0 Å². The van der Waals surface area contributed by atoms with Crippen LogP contribution in [0.1, 0.15) is 142 Å². The molecule has 3 N–H and O–H groups in total. The molecular weight excluding hydrogens is 378 g/mol. The van der Waals surface area contributed by atoms with Crippen molar-refractivity contribution in [3.05, 3.63) is 0 Å². The summed E-state index contributed by atoms with van der Waals surface area (Å²) in [6.07, 6.45) is 27.8. The van der Waals surface area contributed by atoms with Gasteiger partial charge in [0.05, 0.1) is 0 Å². The normalized spacial score (nSPS) is 11.6. The van der Waals surface area contributed by atoms with Crippen LogP contribution in [-0.4, -0.2) is 44.2 Å². The zero-order valence-electron chi connectivity index (χ0n) is 21.9. The molecule has 0 bridgehead atoms. The van der Waals surface area contributed by atoms with Gasteiger partial charge >= 0.3 is 0 Å². The fraction of sp³-hybridized carbons (Fsp3) is 1.00. The molecule has 188 valence electrons. The van der Waals surface area contributed by atoms with E-state index in [4.69, 9.17) is 5.73 Å². The van der Waals surface area contributed by atoms with Gasteiger partial charge in [0.1, 0.15) is 0 Å². The molecular formula is C28H61N3. The maximum atomic E-state index is 5.56. The van der Waals surface area contributed by atoms with Crippen LogP contribution in [0.5, 0.6) is 0 Å². The second-order valence-electron chi connectivity index (χ2n) is 9.74. The SMILES string of the molecule is CCCCCCCCCN(CCCCCCCCC)CCNCCCCCCCCN. The van der Waals surface area contributed by atoms with Crippen molar-refractivity contribution in [2.24, 2.45) is 5.73 Å². The monoisotopic (exact) mass is 439 g/mol. The molecule has 31 heavy (non-hydrogen) atoms. The molecule has 0 atom stereocenters. The minimum atomic E-state index is 0.857. The van der Waals surface area contributed by atoms with Crippen LogP contribution in [-0.2, 0) is 0 Å². The van der Waals surface area contributed by atoms with Gasteiger partial charge in [0, 0.05) is 13.1 Å². The topological polar surface area (TPSA) is 41.3 Å². The zero-order valence-corrected chi connectivity index (χ0v) is 21.9. The van der Waals surface area contributed by atoms with E-state index in [-0.39, 0.29) is 0 Å². The third-order valence-electron chi connectivity index (χ3n) is 6.57. The molecule has 3 nitrogen and oxygen atoms in total. The smallest absolute Gasteiger partial charge is 0.0107 e. The summed E-state index contributed by atoms with van der Waals surface area (Å²) in [5.41, 5.74) is 5.56. The Morgan fingerprint density at radius 1 is 0.452 bits per heavy atom. The highest BCUT2D eigenvalue weighted by atomic mass is 15.1. The van der Waals surface area contributed by atoms with Crippen molar-refractivity contribution in [3.63, 3.8) is 0 Å². The summed E-state index contributed by atoms with van der Waals surface area (Å²) in [4.78, 5) is 2.75. The minimum absolute atomic E-state index is 0.857. The van der Waals surface area contributed by atoms with Crippen LogP contribution in [0.4, 0.5) is 0 Å². The first-order chi connectivity index (χ1) is 15.3. The standard InChI is InChI=1S/C28H61N3/c1-3-5-7-9-13-17-21-26-31(27-22-18-14-10-8-6-4-2)28-25-30-24-20-16-12-11-15-19-23-29/h30H,3-29H2,1-2H3. The van der Waals surface area contributed by atoms with Crippen molar-refractivity contribution in [3.8, 4) is 0 Å². The second-order valence-corrected chi connectivity index (χ2v) is 9.74. The highest BCUT2D eigenvalue weighted by Crippen LogP contribution is 2.10. The molecule has 0 aliphatic rings. The first-order valence-electron chi connectivity index (χ1n) is 14.5. The van der Waals surface area contributed by atoms with Gasteiger partial charge in [0.2, 0.25) is 0 Å². The molecule has 3 heteroatoms. The number of unbranched alkanes of at least 4 members (excludes halogenated alkanes) is 17. The van der Waals surface area contributed by atoms with E-state index in [1.807, 2.05) is 0 Å². The fourth-order valence-electron chi connectivity index (χ4n) is 4.38. The fourth-order valence-corrected chi connectivity index (χ4v) is 4.38. The van der Waals surface area contributed by atoms with Gasteiger partial charge in [-0.05, 0) is 51.9 Å². The number of rotatable bonds is 27. The summed E-state index contributed by atoms with van der Waals surface area (Å²) in [5.74, 6) is 0. The molecule has 0 aromatic rings. The van der Waals surface area contributed by atoms with Gasteiger partial charge < -0.3 is 16.0 Å². The lowest BCUT2D eigenvalue weighted by molar-refractivity contribution is 0.259. The Morgan fingerprint density at radius 2 is 0.871 bits per heavy atom. The van der Waals surface area contributed by atoms with Gasteiger partial charge in [-0.15, -0.1) is 0 Å². The largest absolute Gasteiger partial charge is 0.330 e. The molecule has 0 heterocycles. The Morgan fingerprint density at radius 3 is 1.35 bits per heavy atom. The number of hydrogen-bond acceptors (Lipinski definition) is 3. The van der Waals surface area contributed by atoms with E-state index in [0.29, 0.717) is 0 Å². The predicted octanol–water partition coefficient (Wildman–Crippen LogP) is 7.68. The molecule has 0 aliphatic carbocycles. The summed E-state index contributed by atoms with van der Waals surface area (Å²) < 4.78 is 0. The summed E-state index contributed by atoms with van der Waals surface area (Å²) in [7, 11) is 0. The van der Waals surface area contributed by atoms with Gasteiger partial charge in [-0.2, -0.15) is 0 Å². The van der Waals surface area contributed by atoms with E-state index in [0.717, 1.165) is 6.54 Å². The van der Waals surface area contributed by atoms with E-state index in [1.165, 1.54) is 161 Å². The van der Waals surface area contributed by atoms with Gasteiger partial charge in [-0.1, -0.05) is 117 Å². The summed E-state index contributed by atoms with van der Waals surface area (Å²) >= 11 is 0. The van der Waals surface area contributed by atoms with E-state index < -0.39 is 0 Å². The number of hydrogen-bond donors (Lipinski definition) is 2. The Hall–Kier alpha value is -0.120. The van der Waals surface area contributed by atoms with Crippen LogP contribution >= 0.6 is 0 Å². The quantitative estimate of drug-likeness (QED) is 0.129. The van der Waals surface area contributed by atoms with Crippen molar-refractivity contribution in [2.75, 3.05) is 39.3 Å². The lowest BCUT2D eigenvalue weighted by Crippen LogP contribution is -2.34. The molecule has 0 saturated carbocycles. The molecule has 0 aromatic carbocycles. The minimum Gasteiger partial charge on any atom is -0.330 e. The molecule has 0 aliphatic heterocycles. The summed E-state index contributed by atoms with van der Waals surface area (Å²) in [6, 6.07) is 0. The molecule has 0 aromatic heterocycles. The zero-order chi connectivity index (χ0) is 22.7. The van der Waals surface area contributed by atoms with Gasteiger partial charge in [-0.3, -0.25) is 0 Å². The van der Waals surface area contributed by atoms with Crippen LogP contribution in [0.2, 0.25) is 0 Å². The highest BCUT2D eigenvalue weighted by molar-refractivity contribution is 4.62. The average molecular weight is 440 g/mol. The Bertz CT molecular complexity index is 291. The third-order valence-corrected chi connectivity index (χ3v) is 6.57. The number of nitrogens with zero attached hydrogens (tertiary/aromatic N) is 1. The molecule has 0 unspecified atom stereocenters. The van der Waals surface area contributed by atoms with Gasteiger partial charge in [-0.25, -0.2) is 0 Å². The lowest BCUT2D eigenvalue weighted by Gasteiger charge is -2.22. The Balaban J connectivity index is 3.79. The van der Waals surface area contributed by atoms with Crippen molar-refractivity contribution in [1.29, 1.82) is 0 Å². The lowest BCUT2D eigenvalue weighted by atomic mass is 10.1. The van der Waals surface area contributed by atoms with Crippen molar-refractivity contribution < 1.29 is 0 Å². The first-order valence-corrected chi connectivity index (χ1v) is 14.5. The molecule has 0 rings (SSSR count). The van der Waals surface area contributed by atoms with Crippen LogP contribution in [0.15, 0.2) is 0 Å². The molecule has 0 spiro atoms. The van der Waals surface area contributed by atoms with Crippen molar-refractivity contribution in [2.45, 2.75) is 142 Å². The first kappa shape index (κ1) is 30.9. The Kier molecular flexibility index (Phi) is 27.8. The van der Waals surface area contributed by atoms with Crippen molar-refractivity contribution in [1.82, 2.24) is 10.2 Å². The third kappa shape index (κ3) is 26.0. The maximum Gasteiger partial charge on any atom is 0.0107 e. The Labute approximate surface area is 197 Å². The van der Waals surface area contributed by atoms with Crippen LogP contribution < -0.4 is 11.1 Å². The van der Waals surface area contributed by atoms with Crippen LogP contribution in [0.3, 0.4) is 0 Å².